The molecule has 0 bridgehead atoms. The number of rotatable bonds is 12. The van der Waals surface area contributed by atoms with E-state index >= 15 is 0 Å². The molecule has 1 aliphatic rings. The first-order chi connectivity index (χ1) is 16.9. The van der Waals surface area contributed by atoms with E-state index in [4.69, 9.17) is 29.5 Å². The van der Waals surface area contributed by atoms with Gasteiger partial charge in [-0.05, 0) is 0 Å². The number of nitrogens with zero attached hydrogens (tertiary/aromatic N) is 4. The molecule has 2 aromatic rings. The number of aromatic nitrogens is 4. The molecular weight excluding hydrogens is 599 g/mol. The number of imidazole rings is 1. The van der Waals surface area contributed by atoms with Gasteiger partial charge in [-0.25, -0.2) is 28.6 Å². The van der Waals surface area contributed by atoms with Crippen LogP contribution in [0.25, 0.3) is 11.2 Å². The van der Waals surface area contributed by atoms with Crippen molar-refractivity contribution < 1.29 is 55.9 Å². The van der Waals surface area contributed by atoms with E-state index in [-0.39, 0.29) is 22.9 Å². The summed E-state index contributed by atoms with van der Waals surface area (Å²) in [6, 6.07) is 0. The molecule has 0 aromatic carbocycles. The smallest absolute Gasteiger partial charge is 0.382 e. The minimum Gasteiger partial charge on any atom is -0.382 e. The van der Waals surface area contributed by atoms with Crippen LogP contribution in [0, 0.1) is 0 Å². The molecule has 22 heteroatoms. The average molecular weight is 625 g/mol. The Morgan fingerprint density at radius 1 is 1.14 bits per heavy atom. The fraction of sp³-hybridized carbons (Fsp3) is 0.667. The van der Waals surface area contributed by atoms with Crippen molar-refractivity contribution in [3.8, 4) is 0 Å². The van der Waals surface area contributed by atoms with E-state index in [1.807, 2.05) is 20.8 Å². The Labute approximate surface area is 218 Å². The number of hydrogen-bond donors (Lipinski definition) is 5. The van der Waals surface area contributed by atoms with Crippen LogP contribution in [0.4, 0.5) is 5.82 Å². The maximum Gasteiger partial charge on any atom is 0.490 e. The second kappa shape index (κ2) is 11.9. The molecule has 3 heterocycles. The van der Waals surface area contributed by atoms with Crippen molar-refractivity contribution in [3.63, 3.8) is 0 Å². The highest BCUT2D eigenvalue weighted by Gasteiger charge is 2.43. The van der Waals surface area contributed by atoms with Crippen LogP contribution in [0.15, 0.2) is 12.7 Å². The van der Waals surface area contributed by atoms with Crippen LogP contribution in [0.3, 0.4) is 0 Å². The Morgan fingerprint density at radius 2 is 1.84 bits per heavy atom. The lowest BCUT2D eigenvalue weighted by atomic mass is 10.2. The zero-order valence-corrected chi connectivity index (χ0v) is 23.9. The molecule has 210 valence electrons. The number of ether oxygens (including phenoxy) is 2. The molecule has 3 rings (SSSR count). The van der Waals surface area contributed by atoms with Crippen LogP contribution in [0.5, 0.6) is 0 Å². The van der Waals surface area contributed by atoms with E-state index in [0.717, 1.165) is 0 Å². The van der Waals surface area contributed by atoms with Crippen molar-refractivity contribution in [2.45, 2.75) is 50.4 Å². The Balaban J connectivity index is 1.71. The number of hydrogen-bond acceptors (Lipinski definition) is 14. The second-order valence-corrected chi connectivity index (χ2v) is 16.0. The van der Waals surface area contributed by atoms with Crippen LogP contribution in [0.1, 0.15) is 33.4 Å². The van der Waals surface area contributed by atoms with Crippen molar-refractivity contribution in [2.24, 2.45) is 0 Å². The van der Waals surface area contributed by atoms with Gasteiger partial charge >= 0.3 is 23.5 Å². The molecule has 2 aromatic heterocycles. The first kappa shape index (κ1) is 30.9. The average Bonchev–Trinajstić information content (AvgIpc) is 3.31. The minimum absolute atomic E-state index is 0.0329. The van der Waals surface area contributed by atoms with Gasteiger partial charge in [-0.1, -0.05) is 42.4 Å². The van der Waals surface area contributed by atoms with Gasteiger partial charge in [0.1, 0.15) is 30.1 Å². The first-order valence-corrected chi connectivity index (χ1v) is 17.1. The van der Waals surface area contributed by atoms with E-state index in [1.165, 1.54) is 23.4 Å². The summed E-state index contributed by atoms with van der Waals surface area (Å²) < 4.78 is 60.2. The van der Waals surface area contributed by atoms with Crippen LogP contribution in [-0.2, 0) is 36.3 Å². The lowest BCUT2D eigenvalue weighted by Crippen LogP contribution is -2.29. The largest absolute Gasteiger partial charge is 0.490 e. The van der Waals surface area contributed by atoms with Gasteiger partial charge < -0.3 is 34.8 Å². The van der Waals surface area contributed by atoms with Crippen LogP contribution in [-0.4, -0.2) is 68.6 Å². The van der Waals surface area contributed by atoms with Gasteiger partial charge in [0, 0.05) is 11.2 Å². The summed E-state index contributed by atoms with van der Waals surface area (Å²) in [6.45, 7) is 5.43. The number of anilines is 1. The van der Waals surface area contributed by atoms with E-state index in [2.05, 4.69) is 23.6 Å². The summed E-state index contributed by atoms with van der Waals surface area (Å²) in [5.41, 5.74) is 6.55. The molecule has 0 radical (unpaired) electrons. The quantitative estimate of drug-likeness (QED) is 0.0983. The Bertz CT molecular complexity index is 1240. The first-order valence-electron chi connectivity index (χ1n) is 10.2. The predicted octanol–water partition coefficient (Wildman–Crippen LogP) is 2.56. The third-order valence-electron chi connectivity index (χ3n) is 4.33. The second-order valence-electron chi connectivity index (χ2n) is 8.47. The highest BCUT2D eigenvalue weighted by Crippen LogP contribution is 2.66. The molecule has 37 heavy (non-hydrogen) atoms. The van der Waals surface area contributed by atoms with Crippen LogP contribution < -0.4 is 5.73 Å². The van der Waals surface area contributed by atoms with Gasteiger partial charge in [-0.15, -0.1) is 0 Å². The minimum atomic E-state index is -5.65. The fourth-order valence-electron chi connectivity index (χ4n) is 3.06. The van der Waals surface area contributed by atoms with E-state index in [1.54, 1.807) is 15.4 Å². The highest BCUT2D eigenvalue weighted by atomic mass is 33.1. The zero-order chi connectivity index (χ0) is 27.6. The Kier molecular flexibility index (Phi) is 9.91. The summed E-state index contributed by atoms with van der Waals surface area (Å²) in [4.78, 5) is 48.7. The third-order valence-corrected chi connectivity index (χ3v) is 11.1. The maximum absolute atomic E-state index is 12.2. The van der Waals surface area contributed by atoms with Gasteiger partial charge in [0.15, 0.2) is 11.5 Å². The highest BCUT2D eigenvalue weighted by molar-refractivity contribution is 8.77. The van der Waals surface area contributed by atoms with Gasteiger partial charge in [0.05, 0.1) is 19.0 Å². The van der Waals surface area contributed by atoms with Gasteiger partial charge in [0.2, 0.25) is 0 Å². The number of phosphoric acid groups is 3. The topological polar surface area (TPSA) is 248 Å². The van der Waals surface area contributed by atoms with Crippen molar-refractivity contribution in [1.29, 1.82) is 0 Å². The number of nitrogens with two attached hydrogens (primary N) is 1. The standard InChI is InChI=1S/C15H26N5O12P3S2/c1-15(2,3)37-36-8-28-9-4-11(20-7-19-12-13(16)17-6-18-14(12)20)30-10(9)5-29-34(24,25)32-35(26,27)31-33(21,22)23/h6-7,9-11H,4-5,8H2,1-3H3,(H,24,25)(H,26,27)(H2,16,17,18)(H2,21,22,23)/t9?,10?,11-/m1/s1. The number of fused-ring (bicyclic) bond motifs is 1. The summed E-state index contributed by atoms with van der Waals surface area (Å²) >= 11 is 0. The van der Waals surface area contributed by atoms with Crippen molar-refractivity contribution >= 4 is 62.0 Å². The lowest BCUT2D eigenvalue weighted by Gasteiger charge is -2.22. The predicted molar refractivity (Wildman–Crippen MR) is 133 cm³/mol. The van der Waals surface area contributed by atoms with Gasteiger partial charge in [-0.2, -0.15) is 8.62 Å². The van der Waals surface area contributed by atoms with Gasteiger partial charge in [-0.3, -0.25) is 9.09 Å². The fourth-order valence-corrected chi connectivity index (χ4v) is 8.10. The van der Waals surface area contributed by atoms with Crippen LogP contribution >= 0.6 is 45.1 Å². The third kappa shape index (κ3) is 9.51. The van der Waals surface area contributed by atoms with E-state index < -0.39 is 48.5 Å². The monoisotopic (exact) mass is 625 g/mol. The molecule has 6 N–H and O–H groups in total. The molecule has 0 aliphatic carbocycles. The lowest BCUT2D eigenvalue weighted by molar-refractivity contribution is -0.0522. The molecule has 17 nitrogen and oxygen atoms in total. The summed E-state index contributed by atoms with van der Waals surface area (Å²) in [6.07, 6.45) is 0.562. The van der Waals surface area contributed by atoms with Crippen molar-refractivity contribution in [3.05, 3.63) is 12.7 Å². The van der Waals surface area contributed by atoms with Crippen molar-refractivity contribution in [2.75, 3.05) is 18.3 Å². The summed E-state index contributed by atoms with van der Waals surface area (Å²) in [5, 5.41) is 0. The van der Waals surface area contributed by atoms with E-state index in [9.17, 15) is 23.5 Å². The molecular formula is C15H26N5O12P3S2. The normalized spacial score (nSPS) is 24.2. The summed E-state index contributed by atoms with van der Waals surface area (Å²) in [5.74, 6) is 0.392. The van der Waals surface area contributed by atoms with Crippen molar-refractivity contribution in [1.82, 2.24) is 19.5 Å². The molecule has 5 atom stereocenters. The molecule has 0 amide bonds. The Morgan fingerprint density at radius 3 is 2.49 bits per heavy atom. The molecule has 4 unspecified atom stereocenters. The number of phosphoric ester groups is 1. The molecule has 0 spiro atoms. The molecule has 1 aliphatic heterocycles. The SMILES string of the molecule is CC(C)(C)SSCOC1C[C@H](n2cnc3c(N)ncnc32)OC1COP(=O)(O)OP(=O)(O)OP(=O)(O)O. The van der Waals surface area contributed by atoms with Crippen LogP contribution in [0.2, 0.25) is 0 Å². The van der Waals surface area contributed by atoms with E-state index in [0.29, 0.717) is 11.2 Å². The zero-order valence-electron chi connectivity index (χ0n) is 19.6. The Hall–Kier alpha value is -0.620. The summed E-state index contributed by atoms with van der Waals surface area (Å²) in [7, 11) is -13.5. The molecule has 1 saturated heterocycles. The molecule has 0 saturated carbocycles. The number of nitrogen functional groups attached to an aromatic ring is 1. The van der Waals surface area contributed by atoms with Gasteiger partial charge in [0.25, 0.3) is 0 Å². The maximum atomic E-state index is 12.2. The molecule has 1 fully saturated rings.